The highest BCUT2D eigenvalue weighted by Gasteiger charge is 2.06. The third-order valence-corrected chi connectivity index (χ3v) is 3.01. The highest BCUT2D eigenvalue weighted by Crippen LogP contribution is 2.24. The van der Waals surface area contributed by atoms with Crippen molar-refractivity contribution in [3.05, 3.63) is 90.8 Å². The summed E-state index contributed by atoms with van der Waals surface area (Å²) < 4.78 is 0. The van der Waals surface area contributed by atoms with E-state index in [9.17, 15) is 0 Å². The molecule has 1 aromatic heterocycles. The fraction of sp³-hybridized carbons (Fsp3) is 0. The monoisotopic (exact) mass is 273 g/mol. The van der Waals surface area contributed by atoms with Crippen LogP contribution in [0.15, 0.2) is 90.3 Å². The van der Waals surface area contributed by atoms with E-state index in [1.54, 1.807) is 12.4 Å². The molecule has 3 aromatic rings. The number of pyridine rings is 1. The van der Waals surface area contributed by atoms with E-state index in [2.05, 4.69) is 10.1 Å². The van der Waals surface area contributed by atoms with E-state index in [-0.39, 0.29) is 0 Å². The fourth-order valence-electron chi connectivity index (χ4n) is 2.00. The highest BCUT2D eigenvalue weighted by molar-refractivity contribution is 5.81. The van der Waals surface area contributed by atoms with Gasteiger partial charge in [0.1, 0.15) is 0 Å². The first-order chi connectivity index (χ1) is 10.4. The summed E-state index contributed by atoms with van der Waals surface area (Å²) in [4.78, 5) is 4.10. The maximum absolute atomic E-state index is 4.60. The van der Waals surface area contributed by atoms with Gasteiger partial charge in [0.25, 0.3) is 0 Å². The van der Waals surface area contributed by atoms with Gasteiger partial charge in [0.15, 0.2) is 0 Å². The van der Waals surface area contributed by atoms with E-state index in [0.29, 0.717) is 0 Å². The van der Waals surface area contributed by atoms with Gasteiger partial charge < -0.3 is 0 Å². The van der Waals surface area contributed by atoms with E-state index < -0.39 is 0 Å². The molecule has 0 fully saturated rings. The Kier molecular flexibility index (Phi) is 4.03. The Labute approximate surface area is 124 Å². The minimum Gasteiger partial charge on any atom is -0.264 e. The van der Waals surface area contributed by atoms with Crippen molar-refractivity contribution in [1.29, 1.82) is 0 Å². The van der Waals surface area contributed by atoms with Gasteiger partial charge >= 0.3 is 0 Å². The van der Waals surface area contributed by atoms with Crippen LogP contribution in [-0.4, -0.2) is 11.2 Å². The molecule has 0 aliphatic rings. The zero-order chi connectivity index (χ0) is 14.3. The van der Waals surface area contributed by atoms with Gasteiger partial charge in [-0.2, -0.15) is 5.10 Å². The number of nitrogens with zero attached hydrogens (tertiary/aromatic N) is 3. The minimum atomic E-state index is 0.967. The number of rotatable bonds is 4. The summed E-state index contributed by atoms with van der Waals surface area (Å²) in [5.74, 6) is 0. The number of anilines is 2. The van der Waals surface area contributed by atoms with E-state index in [1.807, 2.05) is 84.0 Å². The van der Waals surface area contributed by atoms with Crippen molar-refractivity contribution < 1.29 is 0 Å². The average molecular weight is 273 g/mol. The Morgan fingerprint density at radius 3 is 1.90 bits per heavy atom. The third-order valence-electron chi connectivity index (χ3n) is 3.01. The Morgan fingerprint density at radius 1 is 0.762 bits per heavy atom. The number of benzene rings is 2. The van der Waals surface area contributed by atoms with Crippen LogP contribution in [0, 0.1) is 0 Å². The molecule has 0 saturated heterocycles. The van der Waals surface area contributed by atoms with Crippen molar-refractivity contribution in [1.82, 2.24) is 4.98 Å². The Balaban J connectivity index is 1.96. The van der Waals surface area contributed by atoms with E-state index in [0.717, 1.165) is 16.9 Å². The van der Waals surface area contributed by atoms with Crippen LogP contribution in [0.1, 0.15) is 5.56 Å². The molecule has 2 aromatic carbocycles. The molecule has 0 bridgehead atoms. The number of hydrogen-bond acceptors (Lipinski definition) is 3. The summed E-state index contributed by atoms with van der Waals surface area (Å²) >= 11 is 0. The molecule has 0 amide bonds. The Morgan fingerprint density at radius 2 is 1.38 bits per heavy atom. The van der Waals surface area contributed by atoms with Crippen molar-refractivity contribution in [2.45, 2.75) is 0 Å². The normalized spacial score (nSPS) is 10.7. The molecule has 3 nitrogen and oxygen atoms in total. The van der Waals surface area contributed by atoms with Gasteiger partial charge in [-0.15, -0.1) is 0 Å². The predicted octanol–water partition coefficient (Wildman–Crippen LogP) is 4.25. The molecule has 0 aliphatic heterocycles. The lowest BCUT2D eigenvalue weighted by Crippen LogP contribution is -2.09. The second-order valence-electron chi connectivity index (χ2n) is 4.51. The van der Waals surface area contributed by atoms with Crippen LogP contribution in [-0.2, 0) is 0 Å². The van der Waals surface area contributed by atoms with Crippen molar-refractivity contribution in [2.75, 3.05) is 5.01 Å². The van der Waals surface area contributed by atoms with Gasteiger partial charge in [0.2, 0.25) is 0 Å². The van der Waals surface area contributed by atoms with Crippen molar-refractivity contribution in [3.63, 3.8) is 0 Å². The van der Waals surface area contributed by atoms with Crippen LogP contribution in [0.5, 0.6) is 0 Å². The average Bonchev–Trinajstić information content (AvgIpc) is 2.58. The molecule has 0 saturated carbocycles. The quantitative estimate of drug-likeness (QED) is 0.525. The maximum atomic E-state index is 4.60. The molecule has 0 N–H and O–H groups in total. The lowest BCUT2D eigenvalue weighted by atomic mass is 10.2. The van der Waals surface area contributed by atoms with Gasteiger partial charge in [-0.25, -0.2) is 5.01 Å². The smallest absolute Gasteiger partial charge is 0.0652 e. The van der Waals surface area contributed by atoms with Crippen molar-refractivity contribution in [2.24, 2.45) is 5.10 Å². The highest BCUT2D eigenvalue weighted by atomic mass is 15.5. The summed E-state index contributed by atoms with van der Waals surface area (Å²) in [6, 6.07) is 24.0. The van der Waals surface area contributed by atoms with Crippen LogP contribution in [0.4, 0.5) is 11.4 Å². The molecule has 0 atom stereocenters. The van der Waals surface area contributed by atoms with E-state index >= 15 is 0 Å². The first-order valence-corrected chi connectivity index (χ1v) is 6.78. The number of para-hydroxylation sites is 2. The SMILES string of the molecule is C(=N/N(c1ccccc1)c1ccccc1)/c1cccnc1. The van der Waals surface area contributed by atoms with Crippen LogP contribution >= 0.6 is 0 Å². The fourth-order valence-corrected chi connectivity index (χ4v) is 2.00. The molecule has 3 heteroatoms. The van der Waals surface area contributed by atoms with Crippen LogP contribution in [0.25, 0.3) is 0 Å². The second kappa shape index (κ2) is 6.48. The zero-order valence-electron chi connectivity index (χ0n) is 11.5. The number of aromatic nitrogens is 1. The molecule has 3 rings (SSSR count). The summed E-state index contributed by atoms with van der Waals surface area (Å²) in [7, 11) is 0. The first kappa shape index (κ1) is 13.1. The predicted molar refractivity (Wildman–Crippen MR) is 86.9 cm³/mol. The van der Waals surface area contributed by atoms with Gasteiger partial charge in [-0.1, -0.05) is 42.5 Å². The van der Waals surface area contributed by atoms with E-state index in [1.165, 1.54) is 0 Å². The second-order valence-corrected chi connectivity index (χ2v) is 4.51. The first-order valence-electron chi connectivity index (χ1n) is 6.78. The molecule has 0 aliphatic carbocycles. The Bertz CT molecular complexity index is 655. The zero-order valence-corrected chi connectivity index (χ0v) is 11.5. The van der Waals surface area contributed by atoms with Gasteiger partial charge in [-0.3, -0.25) is 4.98 Å². The van der Waals surface area contributed by atoms with Crippen molar-refractivity contribution in [3.8, 4) is 0 Å². The van der Waals surface area contributed by atoms with E-state index in [4.69, 9.17) is 0 Å². The van der Waals surface area contributed by atoms with Gasteiger partial charge in [0.05, 0.1) is 17.6 Å². The molecule has 1 heterocycles. The molecule has 21 heavy (non-hydrogen) atoms. The van der Waals surface area contributed by atoms with Gasteiger partial charge in [-0.05, 0) is 30.3 Å². The molecule has 102 valence electrons. The summed E-state index contributed by atoms with van der Waals surface area (Å²) in [5, 5.41) is 6.51. The molecule has 0 unspecified atom stereocenters. The van der Waals surface area contributed by atoms with Crippen LogP contribution < -0.4 is 5.01 Å². The molecule has 0 radical (unpaired) electrons. The largest absolute Gasteiger partial charge is 0.264 e. The van der Waals surface area contributed by atoms with Crippen LogP contribution in [0.3, 0.4) is 0 Å². The summed E-state index contributed by atoms with van der Waals surface area (Å²) in [6.45, 7) is 0. The minimum absolute atomic E-state index is 0.967. The molecular formula is C18H15N3. The molecule has 0 spiro atoms. The summed E-state index contributed by atoms with van der Waals surface area (Å²) in [6.07, 6.45) is 5.36. The van der Waals surface area contributed by atoms with Crippen LogP contribution in [0.2, 0.25) is 0 Å². The number of hydrazone groups is 1. The summed E-state index contributed by atoms with van der Waals surface area (Å²) in [5.41, 5.74) is 3.00. The topological polar surface area (TPSA) is 28.5 Å². The molecular weight excluding hydrogens is 258 g/mol. The standard InChI is InChI=1S/C18H15N3/c1-3-9-17(10-4-1)21(18-11-5-2-6-12-18)20-15-16-8-7-13-19-14-16/h1-15H/b20-15-. The maximum Gasteiger partial charge on any atom is 0.0652 e. The lowest BCUT2D eigenvalue weighted by Gasteiger charge is -2.19. The number of hydrogen-bond donors (Lipinski definition) is 0. The third kappa shape index (κ3) is 3.34. The van der Waals surface area contributed by atoms with Gasteiger partial charge in [0, 0.05) is 18.0 Å². The van der Waals surface area contributed by atoms with Crippen molar-refractivity contribution >= 4 is 17.6 Å². The Hall–Kier alpha value is -2.94. The lowest BCUT2D eigenvalue weighted by molar-refractivity contribution is 1.09.